The predicted octanol–water partition coefficient (Wildman–Crippen LogP) is 2.43. The molecule has 1 aliphatic heterocycles. The summed E-state index contributed by atoms with van der Waals surface area (Å²) in [5, 5.41) is 8.45. The number of H-pyrrole nitrogens is 1. The molecule has 1 aliphatic rings. The van der Waals surface area contributed by atoms with Gasteiger partial charge in [-0.3, -0.25) is 4.79 Å². The van der Waals surface area contributed by atoms with Crippen molar-refractivity contribution in [2.24, 2.45) is 0 Å². The molecule has 1 atom stereocenters. The van der Waals surface area contributed by atoms with E-state index < -0.39 is 5.97 Å². The Morgan fingerprint density at radius 2 is 2.25 bits per heavy atom. The molecular weight excluding hydrogens is 352 g/mol. The molecule has 1 unspecified atom stereocenters. The van der Waals surface area contributed by atoms with Crippen molar-refractivity contribution in [1.82, 2.24) is 15.3 Å². The number of nitrogens with one attached hydrogen (secondary N) is 3. The van der Waals surface area contributed by atoms with Crippen LogP contribution < -0.4 is 10.6 Å². The van der Waals surface area contributed by atoms with Crippen molar-refractivity contribution in [1.29, 1.82) is 0 Å². The Kier molecular flexibility index (Phi) is 6.36. The predicted molar refractivity (Wildman–Crippen MR) is 94.8 cm³/mol. The van der Waals surface area contributed by atoms with E-state index in [9.17, 15) is 9.59 Å². The normalized spacial score (nSPS) is 17.0. The van der Waals surface area contributed by atoms with Gasteiger partial charge in [-0.15, -0.1) is 23.7 Å². The number of aromatic nitrogens is 2. The SMILES string of the molecule is COC(=O)c1cc(-c2csc(NC(=O)C3CCCCN3)n2)c[nH]1.Cl. The molecule has 1 fully saturated rings. The lowest BCUT2D eigenvalue weighted by atomic mass is 10.0. The number of carbonyl (C=O) groups is 2. The number of hydrogen-bond donors (Lipinski definition) is 3. The number of halogens is 1. The first-order valence-corrected chi connectivity index (χ1v) is 8.32. The summed E-state index contributed by atoms with van der Waals surface area (Å²) in [6.45, 7) is 0.876. The minimum absolute atomic E-state index is 0. The van der Waals surface area contributed by atoms with Crippen molar-refractivity contribution in [3.63, 3.8) is 0 Å². The van der Waals surface area contributed by atoms with E-state index >= 15 is 0 Å². The Balaban J connectivity index is 0.00000208. The maximum absolute atomic E-state index is 12.2. The molecule has 9 heteroatoms. The van der Waals surface area contributed by atoms with Gasteiger partial charge in [0.25, 0.3) is 0 Å². The molecule has 2 aromatic heterocycles. The molecule has 0 aliphatic carbocycles. The summed E-state index contributed by atoms with van der Waals surface area (Å²) in [5.41, 5.74) is 1.85. The minimum atomic E-state index is -0.427. The van der Waals surface area contributed by atoms with Crippen molar-refractivity contribution < 1.29 is 14.3 Å². The number of hydrogen-bond acceptors (Lipinski definition) is 6. The molecule has 1 amide bonds. The van der Waals surface area contributed by atoms with Crippen LogP contribution >= 0.6 is 23.7 Å². The molecule has 3 rings (SSSR count). The van der Waals surface area contributed by atoms with Crippen molar-refractivity contribution in [2.75, 3.05) is 19.0 Å². The number of nitrogens with zero attached hydrogens (tertiary/aromatic N) is 1. The Hall–Kier alpha value is -1.90. The summed E-state index contributed by atoms with van der Waals surface area (Å²) in [6, 6.07) is 1.53. The average molecular weight is 371 g/mol. The summed E-state index contributed by atoms with van der Waals surface area (Å²) >= 11 is 1.36. The number of piperidine rings is 1. The summed E-state index contributed by atoms with van der Waals surface area (Å²) in [5.74, 6) is -0.474. The van der Waals surface area contributed by atoms with Gasteiger partial charge >= 0.3 is 5.97 Å². The average Bonchev–Trinajstić information content (AvgIpc) is 3.24. The quantitative estimate of drug-likeness (QED) is 0.718. The number of methoxy groups -OCH3 is 1. The van der Waals surface area contributed by atoms with Crippen LogP contribution in [0.1, 0.15) is 29.8 Å². The van der Waals surface area contributed by atoms with Gasteiger partial charge in [0.1, 0.15) is 5.69 Å². The zero-order chi connectivity index (χ0) is 16.2. The highest BCUT2D eigenvalue weighted by molar-refractivity contribution is 7.14. The van der Waals surface area contributed by atoms with Gasteiger partial charge in [0, 0.05) is 17.1 Å². The molecule has 7 nitrogen and oxygen atoms in total. The Morgan fingerprint density at radius 3 is 2.96 bits per heavy atom. The van der Waals surface area contributed by atoms with Gasteiger partial charge in [-0.05, 0) is 25.5 Å². The number of anilines is 1. The number of amides is 1. The third-order valence-electron chi connectivity index (χ3n) is 3.75. The number of carbonyl (C=O) groups excluding carboxylic acids is 2. The first-order valence-electron chi connectivity index (χ1n) is 7.44. The van der Waals surface area contributed by atoms with Crippen LogP contribution in [-0.4, -0.2) is 41.5 Å². The smallest absolute Gasteiger partial charge is 0.354 e. The molecule has 0 radical (unpaired) electrons. The lowest BCUT2D eigenvalue weighted by molar-refractivity contribution is -0.118. The van der Waals surface area contributed by atoms with Crippen LogP contribution in [0.4, 0.5) is 5.13 Å². The molecule has 3 N–H and O–H groups in total. The van der Waals surface area contributed by atoms with Gasteiger partial charge in [0.2, 0.25) is 5.91 Å². The molecule has 2 aromatic rings. The fourth-order valence-electron chi connectivity index (χ4n) is 2.50. The monoisotopic (exact) mass is 370 g/mol. The summed E-state index contributed by atoms with van der Waals surface area (Å²) in [6.07, 6.45) is 4.72. The van der Waals surface area contributed by atoms with Crippen LogP contribution in [0.2, 0.25) is 0 Å². The lowest BCUT2D eigenvalue weighted by Gasteiger charge is -2.21. The summed E-state index contributed by atoms with van der Waals surface area (Å²) in [4.78, 5) is 30.9. The summed E-state index contributed by atoms with van der Waals surface area (Å²) in [7, 11) is 1.33. The van der Waals surface area contributed by atoms with Crippen LogP contribution in [0.5, 0.6) is 0 Å². The zero-order valence-corrected chi connectivity index (χ0v) is 14.8. The van der Waals surface area contributed by atoms with Gasteiger partial charge in [-0.25, -0.2) is 9.78 Å². The van der Waals surface area contributed by atoms with Gasteiger partial charge < -0.3 is 20.4 Å². The summed E-state index contributed by atoms with van der Waals surface area (Å²) < 4.78 is 4.66. The van der Waals surface area contributed by atoms with Crippen LogP contribution in [-0.2, 0) is 9.53 Å². The highest BCUT2D eigenvalue weighted by Crippen LogP contribution is 2.26. The van der Waals surface area contributed by atoms with E-state index in [2.05, 4.69) is 25.3 Å². The van der Waals surface area contributed by atoms with Gasteiger partial charge in [-0.1, -0.05) is 6.42 Å². The van der Waals surface area contributed by atoms with E-state index in [1.54, 1.807) is 12.3 Å². The number of ether oxygens (including phenoxy) is 1. The van der Waals surface area contributed by atoms with E-state index in [0.717, 1.165) is 31.4 Å². The molecule has 24 heavy (non-hydrogen) atoms. The Bertz CT molecular complexity index is 709. The molecule has 1 saturated heterocycles. The number of aromatic amines is 1. The number of rotatable bonds is 4. The molecule has 0 saturated carbocycles. The third kappa shape index (κ3) is 4.14. The maximum Gasteiger partial charge on any atom is 0.354 e. The second-order valence-electron chi connectivity index (χ2n) is 5.32. The standard InChI is InChI=1S/C15H18N4O3S.ClH/c1-22-14(21)11-6-9(7-17-11)12-8-23-15(18-12)19-13(20)10-4-2-3-5-16-10;/h6-8,10,16-17H,2-5H2,1H3,(H,18,19,20);1H. The van der Waals surface area contributed by atoms with Crippen molar-refractivity contribution in [2.45, 2.75) is 25.3 Å². The molecule has 3 heterocycles. The second kappa shape index (κ2) is 8.27. The van der Waals surface area contributed by atoms with Crippen LogP contribution in [0, 0.1) is 0 Å². The van der Waals surface area contributed by atoms with E-state index in [1.165, 1.54) is 18.4 Å². The number of esters is 1. The highest BCUT2D eigenvalue weighted by Gasteiger charge is 2.21. The van der Waals surface area contributed by atoms with Crippen molar-refractivity contribution in [3.05, 3.63) is 23.3 Å². The minimum Gasteiger partial charge on any atom is -0.464 e. The molecule has 0 aromatic carbocycles. The fraction of sp³-hybridized carbons (Fsp3) is 0.400. The molecule has 0 spiro atoms. The van der Waals surface area contributed by atoms with E-state index in [0.29, 0.717) is 16.5 Å². The topological polar surface area (TPSA) is 96.1 Å². The largest absolute Gasteiger partial charge is 0.464 e. The van der Waals surface area contributed by atoms with E-state index in [1.807, 2.05) is 5.38 Å². The van der Waals surface area contributed by atoms with Gasteiger partial charge in [-0.2, -0.15) is 0 Å². The van der Waals surface area contributed by atoms with Gasteiger partial charge in [0.15, 0.2) is 5.13 Å². The van der Waals surface area contributed by atoms with Crippen LogP contribution in [0.3, 0.4) is 0 Å². The Morgan fingerprint density at radius 1 is 1.42 bits per heavy atom. The Labute approximate surface area is 149 Å². The lowest BCUT2D eigenvalue weighted by Crippen LogP contribution is -2.43. The molecular formula is C15H19ClN4O3S. The first-order chi connectivity index (χ1) is 11.2. The second-order valence-corrected chi connectivity index (χ2v) is 6.18. The van der Waals surface area contributed by atoms with E-state index in [-0.39, 0.29) is 24.4 Å². The van der Waals surface area contributed by atoms with Crippen LogP contribution in [0.15, 0.2) is 17.6 Å². The van der Waals surface area contributed by atoms with Gasteiger partial charge in [0.05, 0.1) is 18.8 Å². The number of thiazole rings is 1. The zero-order valence-electron chi connectivity index (χ0n) is 13.1. The third-order valence-corrected chi connectivity index (χ3v) is 4.50. The van der Waals surface area contributed by atoms with Crippen molar-refractivity contribution >= 4 is 40.8 Å². The maximum atomic E-state index is 12.2. The first kappa shape index (κ1) is 18.4. The highest BCUT2D eigenvalue weighted by atomic mass is 35.5. The fourth-order valence-corrected chi connectivity index (χ4v) is 3.22. The van der Waals surface area contributed by atoms with Crippen molar-refractivity contribution in [3.8, 4) is 11.3 Å². The van der Waals surface area contributed by atoms with Crippen LogP contribution in [0.25, 0.3) is 11.3 Å². The molecule has 0 bridgehead atoms. The van der Waals surface area contributed by atoms with E-state index in [4.69, 9.17) is 0 Å². The molecule has 130 valence electrons.